The van der Waals surface area contributed by atoms with E-state index in [0.717, 1.165) is 5.56 Å². The summed E-state index contributed by atoms with van der Waals surface area (Å²) in [5.41, 5.74) is 1.03. The average Bonchev–Trinajstić information content (AvgIpc) is 2.46. The SMILES string of the molecule is COCC(C)NC(=O)CCNC(=O)NCc1ccccc1. The predicted molar refractivity (Wildman–Crippen MR) is 80.8 cm³/mol. The number of benzene rings is 1. The maximum Gasteiger partial charge on any atom is 0.315 e. The quantitative estimate of drug-likeness (QED) is 0.669. The maximum atomic E-state index is 11.6. The number of carbonyl (C=O) groups excluding carboxylic acids is 2. The van der Waals surface area contributed by atoms with E-state index in [0.29, 0.717) is 19.7 Å². The monoisotopic (exact) mass is 293 g/mol. The van der Waals surface area contributed by atoms with Crippen molar-refractivity contribution in [2.45, 2.75) is 25.9 Å². The largest absolute Gasteiger partial charge is 0.383 e. The van der Waals surface area contributed by atoms with Crippen molar-refractivity contribution in [3.63, 3.8) is 0 Å². The highest BCUT2D eigenvalue weighted by molar-refractivity contribution is 5.78. The normalized spacial score (nSPS) is 11.5. The Morgan fingerprint density at radius 1 is 1.19 bits per heavy atom. The molecule has 116 valence electrons. The molecule has 0 aliphatic heterocycles. The lowest BCUT2D eigenvalue weighted by Gasteiger charge is -2.13. The van der Waals surface area contributed by atoms with E-state index in [1.165, 1.54) is 0 Å². The van der Waals surface area contributed by atoms with E-state index in [2.05, 4.69) is 16.0 Å². The molecule has 3 N–H and O–H groups in total. The van der Waals surface area contributed by atoms with Crippen LogP contribution in [0.15, 0.2) is 30.3 Å². The summed E-state index contributed by atoms with van der Waals surface area (Å²) in [7, 11) is 1.58. The van der Waals surface area contributed by atoms with Crippen molar-refractivity contribution in [1.29, 1.82) is 0 Å². The fraction of sp³-hybridized carbons (Fsp3) is 0.467. The second-order valence-corrected chi connectivity index (χ2v) is 4.77. The first-order valence-electron chi connectivity index (χ1n) is 6.95. The van der Waals surface area contributed by atoms with Gasteiger partial charge in [-0.05, 0) is 12.5 Å². The van der Waals surface area contributed by atoms with Crippen LogP contribution in [-0.4, -0.2) is 38.2 Å². The van der Waals surface area contributed by atoms with Crippen molar-refractivity contribution < 1.29 is 14.3 Å². The van der Waals surface area contributed by atoms with E-state index in [9.17, 15) is 9.59 Å². The Kier molecular flexibility index (Phi) is 7.89. The lowest BCUT2D eigenvalue weighted by Crippen LogP contribution is -2.40. The van der Waals surface area contributed by atoms with E-state index < -0.39 is 0 Å². The highest BCUT2D eigenvalue weighted by Gasteiger charge is 2.07. The summed E-state index contributed by atoms with van der Waals surface area (Å²) in [5, 5.41) is 8.16. The van der Waals surface area contributed by atoms with E-state index in [4.69, 9.17) is 4.74 Å². The Morgan fingerprint density at radius 2 is 1.90 bits per heavy atom. The Morgan fingerprint density at radius 3 is 2.57 bits per heavy atom. The molecular weight excluding hydrogens is 270 g/mol. The second kappa shape index (κ2) is 9.77. The summed E-state index contributed by atoms with van der Waals surface area (Å²) < 4.78 is 4.93. The number of carbonyl (C=O) groups is 2. The highest BCUT2D eigenvalue weighted by Crippen LogP contribution is 1.96. The molecule has 6 nitrogen and oxygen atoms in total. The summed E-state index contributed by atoms with van der Waals surface area (Å²) >= 11 is 0. The number of amides is 3. The zero-order valence-electron chi connectivity index (χ0n) is 12.5. The standard InChI is InChI=1S/C15H23N3O3/c1-12(11-21-2)18-14(19)8-9-16-15(20)17-10-13-6-4-3-5-7-13/h3-7,12H,8-11H2,1-2H3,(H,18,19)(H2,16,17,20). The van der Waals surface area contributed by atoms with Crippen LogP contribution in [0.5, 0.6) is 0 Å². The summed E-state index contributed by atoms with van der Waals surface area (Å²) in [6, 6.07) is 9.31. The fourth-order valence-corrected chi connectivity index (χ4v) is 1.77. The minimum atomic E-state index is -0.281. The molecule has 0 saturated carbocycles. The third kappa shape index (κ3) is 7.94. The molecule has 1 aromatic rings. The smallest absolute Gasteiger partial charge is 0.315 e. The number of nitrogens with one attached hydrogen (secondary N) is 3. The van der Waals surface area contributed by atoms with Crippen LogP contribution in [0.25, 0.3) is 0 Å². The first-order chi connectivity index (χ1) is 10.1. The van der Waals surface area contributed by atoms with Crippen LogP contribution in [0.4, 0.5) is 4.79 Å². The molecule has 0 radical (unpaired) electrons. The molecule has 0 saturated heterocycles. The molecule has 3 amide bonds. The van der Waals surface area contributed by atoms with Crippen LogP contribution >= 0.6 is 0 Å². The summed E-state index contributed by atoms with van der Waals surface area (Å²) in [4.78, 5) is 23.1. The van der Waals surface area contributed by atoms with Gasteiger partial charge in [0.25, 0.3) is 0 Å². The van der Waals surface area contributed by atoms with Crippen molar-refractivity contribution in [2.75, 3.05) is 20.3 Å². The minimum absolute atomic E-state index is 0.0330. The Bertz CT molecular complexity index is 437. The van der Waals surface area contributed by atoms with Crippen molar-refractivity contribution in [2.24, 2.45) is 0 Å². The van der Waals surface area contributed by atoms with E-state index >= 15 is 0 Å². The van der Waals surface area contributed by atoms with E-state index in [-0.39, 0.29) is 24.4 Å². The van der Waals surface area contributed by atoms with Crippen molar-refractivity contribution in [1.82, 2.24) is 16.0 Å². The Labute approximate surface area is 125 Å². The van der Waals surface area contributed by atoms with Gasteiger partial charge < -0.3 is 20.7 Å². The highest BCUT2D eigenvalue weighted by atomic mass is 16.5. The van der Waals surface area contributed by atoms with Crippen LogP contribution in [0.2, 0.25) is 0 Å². The molecule has 0 fully saturated rings. The predicted octanol–water partition coefficient (Wildman–Crippen LogP) is 1.03. The third-order valence-corrected chi connectivity index (χ3v) is 2.76. The van der Waals surface area contributed by atoms with Gasteiger partial charge in [0.1, 0.15) is 0 Å². The summed E-state index contributed by atoms with van der Waals surface area (Å²) in [6.07, 6.45) is 0.243. The number of urea groups is 1. The van der Waals surface area contributed by atoms with Gasteiger partial charge in [-0.15, -0.1) is 0 Å². The molecule has 0 spiro atoms. The number of ether oxygens (including phenoxy) is 1. The summed E-state index contributed by atoms with van der Waals surface area (Å²) in [6.45, 7) is 3.09. The topological polar surface area (TPSA) is 79.5 Å². The van der Waals surface area contributed by atoms with E-state index in [1.54, 1.807) is 7.11 Å². The molecule has 0 bridgehead atoms. The molecule has 1 rings (SSSR count). The molecule has 21 heavy (non-hydrogen) atoms. The lowest BCUT2D eigenvalue weighted by atomic mass is 10.2. The van der Waals surface area contributed by atoms with Crippen molar-refractivity contribution in [3.05, 3.63) is 35.9 Å². The van der Waals surface area contributed by atoms with Crippen LogP contribution in [0.3, 0.4) is 0 Å². The van der Waals surface area contributed by atoms with Gasteiger partial charge in [0, 0.05) is 32.7 Å². The molecule has 1 atom stereocenters. The van der Waals surface area contributed by atoms with Gasteiger partial charge in [-0.25, -0.2) is 4.79 Å². The molecule has 0 heterocycles. The molecule has 1 aromatic carbocycles. The number of hydrogen-bond acceptors (Lipinski definition) is 3. The van der Waals surface area contributed by atoms with E-state index in [1.807, 2.05) is 37.3 Å². The van der Waals surface area contributed by atoms with Gasteiger partial charge >= 0.3 is 6.03 Å². The zero-order valence-corrected chi connectivity index (χ0v) is 12.5. The minimum Gasteiger partial charge on any atom is -0.383 e. The molecule has 0 aromatic heterocycles. The third-order valence-electron chi connectivity index (χ3n) is 2.76. The number of rotatable bonds is 8. The van der Waals surface area contributed by atoms with Crippen LogP contribution in [-0.2, 0) is 16.1 Å². The first-order valence-corrected chi connectivity index (χ1v) is 6.95. The van der Waals surface area contributed by atoms with Gasteiger partial charge in [-0.1, -0.05) is 30.3 Å². The molecule has 1 unspecified atom stereocenters. The zero-order chi connectivity index (χ0) is 15.5. The Hall–Kier alpha value is -2.08. The number of methoxy groups -OCH3 is 1. The van der Waals surface area contributed by atoms with Crippen molar-refractivity contribution >= 4 is 11.9 Å². The van der Waals surface area contributed by atoms with Gasteiger partial charge in [0.2, 0.25) is 5.91 Å². The molecular formula is C15H23N3O3. The average molecular weight is 293 g/mol. The maximum absolute atomic E-state index is 11.6. The van der Waals surface area contributed by atoms with Crippen LogP contribution < -0.4 is 16.0 Å². The lowest BCUT2D eigenvalue weighted by molar-refractivity contribution is -0.121. The Balaban J connectivity index is 2.11. The van der Waals surface area contributed by atoms with Crippen molar-refractivity contribution in [3.8, 4) is 0 Å². The van der Waals surface area contributed by atoms with Gasteiger partial charge in [-0.2, -0.15) is 0 Å². The fourth-order valence-electron chi connectivity index (χ4n) is 1.77. The molecule has 6 heteroatoms. The molecule has 0 aliphatic rings. The first kappa shape index (κ1) is 17.0. The van der Waals surface area contributed by atoms with Gasteiger partial charge in [0.05, 0.1) is 6.61 Å². The summed E-state index contributed by atoms with van der Waals surface area (Å²) in [5.74, 6) is -0.108. The van der Waals surface area contributed by atoms with Crippen LogP contribution in [0.1, 0.15) is 18.9 Å². The van der Waals surface area contributed by atoms with Gasteiger partial charge in [0.15, 0.2) is 0 Å². The number of hydrogen-bond donors (Lipinski definition) is 3. The van der Waals surface area contributed by atoms with Crippen LogP contribution in [0, 0.1) is 0 Å². The molecule has 0 aliphatic carbocycles. The second-order valence-electron chi connectivity index (χ2n) is 4.77. The van der Waals surface area contributed by atoms with Gasteiger partial charge in [-0.3, -0.25) is 4.79 Å².